The van der Waals surface area contributed by atoms with Gasteiger partial charge < -0.3 is 15.2 Å². The molecule has 0 bridgehead atoms. The smallest absolute Gasteiger partial charge is 0.335 e. The summed E-state index contributed by atoms with van der Waals surface area (Å²) >= 11 is 6.29. The number of carboxylic acid groups (broad SMARTS) is 1. The maximum atomic E-state index is 12.3. The average molecular weight is 425 g/mol. The molecule has 0 spiro atoms. The van der Waals surface area contributed by atoms with Crippen LogP contribution in [0, 0.1) is 11.3 Å². The molecule has 154 valence electrons. The number of amides is 1. The minimum atomic E-state index is -1.00. The van der Waals surface area contributed by atoms with Crippen LogP contribution in [0.15, 0.2) is 48.0 Å². The van der Waals surface area contributed by atoms with E-state index in [-0.39, 0.29) is 29.7 Å². The number of aromatic carboxylic acids is 1. The van der Waals surface area contributed by atoms with E-state index in [4.69, 9.17) is 21.4 Å². The maximum Gasteiger partial charge on any atom is 0.335 e. The van der Waals surface area contributed by atoms with Crippen LogP contribution in [-0.4, -0.2) is 23.0 Å². The van der Waals surface area contributed by atoms with Crippen molar-refractivity contribution in [1.29, 1.82) is 5.26 Å². The van der Waals surface area contributed by atoms with E-state index in [2.05, 4.69) is 5.32 Å². The number of ether oxygens (including phenoxy) is 1. The van der Waals surface area contributed by atoms with Gasteiger partial charge in [0.1, 0.15) is 24.0 Å². The Balaban J connectivity index is 1.67. The minimum Gasteiger partial charge on any atom is -0.487 e. The van der Waals surface area contributed by atoms with Gasteiger partial charge >= 0.3 is 5.97 Å². The second kappa shape index (κ2) is 9.95. The monoisotopic (exact) mass is 424 g/mol. The number of halogens is 1. The molecule has 6 nitrogen and oxygen atoms in total. The Bertz CT molecular complexity index is 1020. The summed E-state index contributed by atoms with van der Waals surface area (Å²) in [6.07, 6.45) is 5.56. The molecule has 0 aromatic heterocycles. The first-order valence-corrected chi connectivity index (χ1v) is 10.0. The van der Waals surface area contributed by atoms with Crippen molar-refractivity contribution >= 4 is 29.6 Å². The zero-order valence-electron chi connectivity index (χ0n) is 16.2. The van der Waals surface area contributed by atoms with Crippen LogP contribution in [0.2, 0.25) is 5.02 Å². The lowest BCUT2D eigenvalue weighted by molar-refractivity contribution is -0.117. The highest BCUT2D eigenvalue weighted by Gasteiger charge is 2.19. The Morgan fingerprint density at radius 3 is 2.67 bits per heavy atom. The van der Waals surface area contributed by atoms with Crippen LogP contribution in [0.5, 0.6) is 5.75 Å². The Labute approximate surface area is 179 Å². The Hall–Kier alpha value is -3.30. The SMILES string of the molecule is N#C/C(=C/c1ccc(OCc2cccc(C(=O)O)c2)c(Cl)c1)C(=O)NC1CCCC1. The lowest BCUT2D eigenvalue weighted by Crippen LogP contribution is -2.33. The normalized spacial score (nSPS) is 14.2. The van der Waals surface area contributed by atoms with Gasteiger partial charge in [-0.05, 0) is 54.3 Å². The van der Waals surface area contributed by atoms with Gasteiger partial charge in [-0.25, -0.2) is 4.79 Å². The number of carbonyl (C=O) groups is 2. The first-order chi connectivity index (χ1) is 14.5. The molecule has 3 rings (SSSR count). The molecule has 0 unspecified atom stereocenters. The van der Waals surface area contributed by atoms with Crippen LogP contribution in [0.1, 0.15) is 47.2 Å². The van der Waals surface area contributed by atoms with Gasteiger partial charge in [-0.15, -0.1) is 0 Å². The van der Waals surface area contributed by atoms with E-state index in [1.807, 2.05) is 6.07 Å². The zero-order valence-corrected chi connectivity index (χ0v) is 17.0. The fourth-order valence-corrected chi connectivity index (χ4v) is 3.57. The topological polar surface area (TPSA) is 99.4 Å². The van der Waals surface area contributed by atoms with E-state index in [1.54, 1.807) is 30.3 Å². The van der Waals surface area contributed by atoms with Crippen molar-refractivity contribution in [2.24, 2.45) is 0 Å². The van der Waals surface area contributed by atoms with Crippen molar-refractivity contribution in [1.82, 2.24) is 5.32 Å². The van der Waals surface area contributed by atoms with Crippen LogP contribution in [0.3, 0.4) is 0 Å². The second-order valence-electron chi connectivity index (χ2n) is 7.11. The lowest BCUT2D eigenvalue weighted by Gasteiger charge is -2.11. The van der Waals surface area contributed by atoms with Crippen LogP contribution < -0.4 is 10.1 Å². The number of nitriles is 1. The first-order valence-electron chi connectivity index (χ1n) is 9.63. The molecule has 1 saturated carbocycles. The van der Waals surface area contributed by atoms with Gasteiger partial charge in [-0.3, -0.25) is 4.79 Å². The molecular formula is C23H21ClN2O4. The van der Waals surface area contributed by atoms with Crippen molar-refractivity contribution in [3.8, 4) is 11.8 Å². The predicted octanol–water partition coefficient (Wildman–Crippen LogP) is 4.58. The van der Waals surface area contributed by atoms with Crippen molar-refractivity contribution in [3.63, 3.8) is 0 Å². The molecule has 30 heavy (non-hydrogen) atoms. The van der Waals surface area contributed by atoms with E-state index in [0.717, 1.165) is 25.7 Å². The third kappa shape index (κ3) is 5.62. The van der Waals surface area contributed by atoms with Gasteiger partial charge in [0.2, 0.25) is 0 Å². The number of carbonyl (C=O) groups excluding carboxylic acids is 1. The first kappa shape index (κ1) is 21.4. The van der Waals surface area contributed by atoms with E-state index >= 15 is 0 Å². The van der Waals surface area contributed by atoms with Crippen molar-refractivity contribution in [3.05, 3.63) is 69.8 Å². The third-order valence-electron chi connectivity index (χ3n) is 4.89. The molecule has 1 aliphatic rings. The molecule has 1 aliphatic carbocycles. The Morgan fingerprint density at radius 2 is 2.00 bits per heavy atom. The van der Waals surface area contributed by atoms with Crippen LogP contribution in [0.4, 0.5) is 0 Å². The Kier molecular flexibility index (Phi) is 7.10. The van der Waals surface area contributed by atoms with Crippen molar-refractivity contribution in [2.75, 3.05) is 0 Å². The highest BCUT2D eigenvalue weighted by molar-refractivity contribution is 6.32. The average Bonchev–Trinajstić information content (AvgIpc) is 3.24. The van der Waals surface area contributed by atoms with E-state index in [9.17, 15) is 14.9 Å². The van der Waals surface area contributed by atoms with E-state index in [0.29, 0.717) is 21.9 Å². The van der Waals surface area contributed by atoms with Crippen LogP contribution in [-0.2, 0) is 11.4 Å². The second-order valence-corrected chi connectivity index (χ2v) is 7.52. The van der Waals surface area contributed by atoms with E-state index in [1.165, 1.54) is 18.2 Å². The summed E-state index contributed by atoms with van der Waals surface area (Å²) in [7, 11) is 0. The summed E-state index contributed by atoms with van der Waals surface area (Å²) in [5, 5.41) is 21.6. The minimum absolute atomic E-state index is 0.0251. The number of benzene rings is 2. The maximum absolute atomic E-state index is 12.3. The summed E-state index contributed by atoms with van der Waals surface area (Å²) in [6.45, 7) is 0.156. The molecule has 0 atom stereocenters. The molecule has 2 aromatic rings. The standard InChI is InChI=1S/C23H21ClN2O4/c24-20-12-15(10-18(13-25)22(27)26-19-6-1-2-7-19)8-9-21(20)30-14-16-4-3-5-17(11-16)23(28)29/h3-5,8-12,19H,1-2,6-7,14H2,(H,26,27)(H,28,29)/b18-10-. The zero-order chi connectivity index (χ0) is 21.5. The number of hydrogen-bond donors (Lipinski definition) is 2. The predicted molar refractivity (Wildman–Crippen MR) is 113 cm³/mol. The molecule has 1 fully saturated rings. The highest BCUT2D eigenvalue weighted by Crippen LogP contribution is 2.27. The van der Waals surface area contributed by atoms with Crippen LogP contribution in [0.25, 0.3) is 6.08 Å². The molecule has 0 radical (unpaired) electrons. The molecule has 1 amide bonds. The molecule has 0 aliphatic heterocycles. The number of nitrogens with zero attached hydrogens (tertiary/aromatic N) is 1. The number of carboxylic acids is 1. The molecule has 2 aromatic carbocycles. The molecular weight excluding hydrogens is 404 g/mol. The molecule has 0 heterocycles. The summed E-state index contributed by atoms with van der Waals surface area (Å²) in [4.78, 5) is 23.4. The van der Waals surface area contributed by atoms with Gasteiger partial charge in [0.25, 0.3) is 5.91 Å². The van der Waals surface area contributed by atoms with Gasteiger partial charge in [-0.2, -0.15) is 5.26 Å². The van der Waals surface area contributed by atoms with Gasteiger partial charge in [0, 0.05) is 6.04 Å². The number of rotatable bonds is 7. The van der Waals surface area contributed by atoms with Gasteiger partial charge in [0.05, 0.1) is 10.6 Å². The summed E-state index contributed by atoms with van der Waals surface area (Å²) < 4.78 is 5.69. The fourth-order valence-electron chi connectivity index (χ4n) is 3.33. The number of nitrogens with one attached hydrogen (secondary N) is 1. The van der Waals surface area contributed by atoms with Crippen molar-refractivity contribution in [2.45, 2.75) is 38.3 Å². The third-order valence-corrected chi connectivity index (χ3v) is 5.19. The molecule has 7 heteroatoms. The largest absolute Gasteiger partial charge is 0.487 e. The van der Waals surface area contributed by atoms with Crippen LogP contribution >= 0.6 is 11.6 Å². The van der Waals surface area contributed by atoms with E-state index < -0.39 is 5.97 Å². The van der Waals surface area contributed by atoms with Gasteiger partial charge in [-0.1, -0.05) is 42.6 Å². The summed E-state index contributed by atoms with van der Waals surface area (Å²) in [5.41, 5.74) is 1.52. The summed E-state index contributed by atoms with van der Waals surface area (Å²) in [6, 6.07) is 13.5. The number of hydrogen-bond acceptors (Lipinski definition) is 4. The van der Waals surface area contributed by atoms with Crippen molar-refractivity contribution < 1.29 is 19.4 Å². The lowest BCUT2D eigenvalue weighted by atomic mass is 10.1. The quantitative estimate of drug-likeness (QED) is 0.500. The Morgan fingerprint density at radius 1 is 1.23 bits per heavy atom. The molecule has 0 saturated heterocycles. The fraction of sp³-hybridized carbons (Fsp3) is 0.261. The molecule has 2 N–H and O–H groups in total. The highest BCUT2D eigenvalue weighted by atomic mass is 35.5. The summed E-state index contributed by atoms with van der Waals surface area (Å²) in [5.74, 6) is -0.959. The van der Waals surface area contributed by atoms with Gasteiger partial charge in [0.15, 0.2) is 0 Å².